The van der Waals surface area contributed by atoms with Crippen molar-refractivity contribution in [1.82, 2.24) is 10.0 Å². The van der Waals surface area contributed by atoms with Crippen LogP contribution in [-0.4, -0.2) is 41.0 Å². The van der Waals surface area contributed by atoms with Gasteiger partial charge in [0.2, 0.25) is 10.0 Å². The molecule has 0 radical (unpaired) electrons. The minimum absolute atomic E-state index is 0.110. The van der Waals surface area contributed by atoms with Gasteiger partial charge in [0.1, 0.15) is 9.81 Å². The van der Waals surface area contributed by atoms with E-state index in [2.05, 4.69) is 10.0 Å². The van der Waals surface area contributed by atoms with Gasteiger partial charge in [-0.15, -0.1) is 11.3 Å². The molecule has 0 aliphatic heterocycles. The molecule has 0 aliphatic carbocycles. The van der Waals surface area contributed by atoms with E-state index in [9.17, 15) is 13.2 Å². The Kier molecular flexibility index (Phi) is 5.61. The molecular formula is C11H19BN2O4S2. The van der Waals surface area contributed by atoms with Crippen LogP contribution in [0.2, 0.25) is 0 Å². The second-order valence-electron chi connectivity index (χ2n) is 5.19. The number of hydrogen-bond donors (Lipinski definition) is 2. The molecule has 0 aliphatic rings. The van der Waals surface area contributed by atoms with Gasteiger partial charge in [0.05, 0.1) is 0 Å². The molecule has 0 saturated carbocycles. The Hall–Kier alpha value is -1.06. The Balaban J connectivity index is 2.36. The molecule has 0 spiro atoms. The highest BCUT2D eigenvalue weighted by Gasteiger charge is 2.17. The molecule has 9 heteroatoms. The molecule has 6 nitrogen and oxygen atoms in total. The third-order valence-electron chi connectivity index (χ3n) is 2.07. The Bertz CT molecular complexity index is 563. The molecule has 1 amide bonds. The molecule has 0 saturated heterocycles. The molecule has 1 heterocycles. The number of hydrogen-bond acceptors (Lipinski definition) is 5. The monoisotopic (exact) mass is 318 g/mol. The first-order chi connectivity index (χ1) is 9.10. The molecule has 1 aromatic rings. The zero-order valence-electron chi connectivity index (χ0n) is 12.0. The molecule has 20 heavy (non-hydrogen) atoms. The summed E-state index contributed by atoms with van der Waals surface area (Å²) in [6, 6.07) is 3.31. The van der Waals surface area contributed by atoms with Crippen LogP contribution in [0.4, 0.5) is 4.79 Å². The minimum atomic E-state index is -3.50. The quantitative estimate of drug-likeness (QED) is 0.582. The predicted molar refractivity (Wildman–Crippen MR) is 81.9 cm³/mol. The van der Waals surface area contributed by atoms with E-state index in [0.29, 0.717) is 0 Å². The van der Waals surface area contributed by atoms with E-state index in [1.165, 1.54) is 11.3 Å². The van der Waals surface area contributed by atoms with Crippen molar-refractivity contribution in [3.05, 3.63) is 12.1 Å². The lowest BCUT2D eigenvalue weighted by molar-refractivity contribution is 0.0529. The van der Waals surface area contributed by atoms with E-state index < -0.39 is 21.7 Å². The Morgan fingerprint density at radius 1 is 1.35 bits per heavy atom. The van der Waals surface area contributed by atoms with Gasteiger partial charge in [-0.25, -0.2) is 17.9 Å². The van der Waals surface area contributed by atoms with Crippen molar-refractivity contribution in [3.8, 4) is 0 Å². The van der Waals surface area contributed by atoms with Gasteiger partial charge in [-0.05, 0) is 31.6 Å². The molecule has 0 atom stereocenters. The number of sulfonamides is 1. The number of carbonyl (C=O) groups is 1. The molecule has 2 N–H and O–H groups in total. The zero-order valence-corrected chi connectivity index (χ0v) is 13.7. The highest BCUT2D eigenvalue weighted by atomic mass is 32.2. The van der Waals surface area contributed by atoms with E-state index in [1.807, 2.05) is 7.85 Å². The summed E-state index contributed by atoms with van der Waals surface area (Å²) in [5, 5.41) is 2.48. The summed E-state index contributed by atoms with van der Waals surface area (Å²) >= 11 is 1.20. The number of thiophene rings is 1. The van der Waals surface area contributed by atoms with Crippen molar-refractivity contribution in [2.75, 3.05) is 13.1 Å². The van der Waals surface area contributed by atoms with E-state index in [4.69, 9.17) is 4.74 Å². The van der Waals surface area contributed by atoms with Gasteiger partial charge < -0.3 is 10.1 Å². The molecule has 0 unspecified atom stereocenters. The van der Waals surface area contributed by atoms with E-state index in [0.717, 1.165) is 4.78 Å². The van der Waals surface area contributed by atoms with Crippen molar-refractivity contribution < 1.29 is 17.9 Å². The fourth-order valence-electron chi connectivity index (χ4n) is 1.29. The molecule has 112 valence electrons. The van der Waals surface area contributed by atoms with Crippen LogP contribution in [-0.2, 0) is 14.8 Å². The van der Waals surface area contributed by atoms with Crippen LogP contribution in [0.1, 0.15) is 20.8 Å². The second kappa shape index (κ2) is 6.60. The maximum atomic E-state index is 11.9. The number of nitrogens with one attached hydrogen (secondary N) is 2. The average Bonchev–Trinajstić information content (AvgIpc) is 2.70. The summed E-state index contributed by atoms with van der Waals surface area (Å²) in [5.74, 6) is 0. The maximum Gasteiger partial charge on any atom is 0.407 e. The molecule has 1 rings (SSSR count). The van der Waals surface area contributed by atoms with Gasteiger partial charge in [-0.1, -0.05) is 6.07 Å². The van der Waals surface area contributed by atoms with E-state index in [1.54, 1.807) is 32.9 Å². The molecule has 0 bridgehead atoms. The van der Waals surface area contributed by atoms with E-state index in [-0.39, 0.29) is 17.3 Å². The minimum Gasteiger partial charge on any atom is -0.444 e. The van der Waals surface area contributed by atoms with Gasteiger partial charge in [0.25, 0.3) is 0 Å². The van der Waals surface area contributed by atoms with Gasteiger partial charge >= 0.3 is 6.09 Å². The molecular weight excluding hydrogens is 299 g/mol. The van der Waals surface area contributed by atoms with Crippen LogP contribution >= 0.6 is 11.3 Å². The van der Waals surface area contributed by atoms with Crippen molar-refractivity contribution >= 4 is 40.1 Å². The molecule has 1 aromatic heterocycles. The zero-order chi connectivity index (χ0) is 15.4. The largest absolute Gasteiger partial charge is 0.444 e. The topological polar surface area (TPSA) is 84.5 Å². The summed E-state index contributed by atoms with van der Waals surface area (Å²) in [6.07, 6.45) is -0.566. The first kappa shape index (κ1) is 17.0. The summed E-state index contributed by atoms with van der Waals surface area (Å²) in [7, 11) is -1.66. The lowest BCUT2D eigenvalue weighted by Gasteiger charge is -2.19. The summed E-state index contributed by atoms with van der Waals surface area (Å²) in [4.78, 5) is 11.3. The summed E-state index contributed by atoms with van der Waals surface area (Å²) < 4.78 is 32.4. The van der Waals surface area contributed by atoms with Crippen LogP contribution in [0.3, 0.4) is 0 Å². The van der Waals surface area contributed by atoms with Crippen molar-refractivity contribution in [2.24, 2.45) is 0 Å². The maximum absolute atomic E-state index is 11.9. The van der Waals surface area contributed by atoms with Gasteiger partial charge in [-0.3, -0.25) is 0 Å². The first-order valence-corrected chi connectivity index (χ1v) is 8.43. The Labute approximate surface area is 124 Å². The third kappa shape index (κ3) is 5.93. The molecule has 0 fully saturated rings. The lowest BCUT2D eigenvalue weighted by Crippen LogP contribution is -2.37. The van der Waals surface area contributed by atoms with Crippen molar-refractivity contribution in [1.29, 1.82) is 0 Å². The summed E-state index contributed by atoms with van der Waals surface area (Å²) in [5.41, 5.74) is -0.571. The molecule has 0 aromatic carbocycles. The first-order valence-electron chi connectivity index (χ1n) is 6.13. The average molecular weight is 318 g/mol. The van der Waals surface area contributed by atoms with Crippen LogP contribution < -0.4 is 14.8 Å². The number of amides is 1. The predicted octanol–water partition coefficient (Wildman–Crippen LogP) is -0.191. The second-order valence-corrected chi connectivity index (χ2v) is 8.47. The SMILES string of the molecule is Bc1ccc(S(=O)(=O)NCCNC(=O)OC(C)(C)C)s1. The number of ether oxygens (including phenoxy) is 1. The number of rotatable bonds is 5. The summed E-state index contributed by atoms with van der Waals surface area (Å²) in [6.45, 7) is 5.55. The van der Waals surface area contributed by atoms with Crippen LogP contribution in [0.25, 0.3) is 0 Å². The fourth-order valence-corrected chi connectivity index (χ4v) is 3.65. The normalized spacial score (nSPS) is 12.2. The Morgan fingerprint density at radius 2 is 2.00 bits per heavy atom. The highest BCUT2D eigenvalue weighted by Crippen LogP contribution is 2.12. The van der Waals surface area contributed by atoms with Crippen molar-refractivity contribution in [2.45, 2.75) is 30.6 Å². The number of carbonyl (C=O) groups excluding carboxylic acids is 1. The van der Waals surface area contributed by atoms with Gasteiger partial charge in [0, 0.05) is 13.1 Å². The van der Waals surface area contributed by atoms with Crippen LogP contribution in [0.5, 0.6) is 0 Å². The third-order valence-corrected chi connectivity index (χ3v) is 5.02. The smallest absolute Gasteiger partial charge is 0.407 e. The standard InChI is InChI=1S/C11H19BN2O4S2/c1-11(2,3)18-10(15)13-6-7-14-20(16,17)9-5-4-8(12)19-9/h4-5,14H,6-7,12H2,1-3H3,(H,13,15). The van der Waals surface area contributed by atoms with Gasteiger partial charge in [-0.2, -0.15) is 0 Å². The highest BCUT2D eigenvalue weighted by molar-refractivity contribution is 7.91. The van der Waals surface area contributed by atoms with Crippen LogP contribution in [0.15, 0.2) is 16.3 Å². The fraction of sp³-hybridized carbons (Fsp3) is 0.545. The van der Waals surface area contributed by atoms with E-state index >= 15 is 0 Å². The van der Waals surface area contributed by atoms with Crippen LogP contribution in [0, 0.1) is 0 Å². The number of alkyl carbamates (subject to hydrolysis) is 1. The lowest BCUT2D eigenvalue weighted by atomic mass is 10.1. The Morgan fingerprint density at radius 3 is 2.50 bits per heavy atom. The van der Waals surface area contributed by atoms with Crippen molar-refractivity contribution in [3.63, 3.8) is 0 Å². The van der Waals surface area contributed by atoms with Gasteiger partial charge in [0.15, 0.2) is 7.85 Å².